The molecule has 0 saturated carbocycles. The van der Waals surface area contributed by atoms with Crippen LogP contribution < -0.4 is 4.31 Å². The molecule has 0 unspecified atom stereocenters. The van der Waals surface area contributed by atoms with Crippen LogP contribution in [0.3, 0.4) is 0 Å². The Hall–Kier alpha value is -2.13. The minimum absolute atomic E-state index is 0.0302. The Bertz CT molecular complexity index is 810. The van der Waals surface area contributed by atoms with Crippen LogP contribution in [-0.4, -0.2) is 94.6 Å². The standard InChI is InChI=1S/C19H30N4O4S/c1-16-8-5-6-9-17(16)23(28(4,26)27)15-19(25)22-11-7-10-21(12-13-22)14-18(24)20(2)3/h5-6,8-9H,7,10-15H2,1-4H3. The van der Waals surface area contributed by atoms with E-state index in [1.54, 1.807) is 36.0 Å². The first kappa shape index (κ1) is 22.2. The fourth-order valence-electron chi connectivity index (χ4n) is 3.16. The van der Waals surface area contributed by atoms with Crippen LogP contribution in [0.5, 0.6) is 0 Å². The highest BCUT2D eigenvalue weighted by Crippen LogP contribution is 2.22. The maximum atomic E-state index is 12.9. The van der Waals surface area contributed by atoms with Gasteiger partial charge in [0.15, 0.2) is 0 Å². The number of carbonyl (C=O) groups excluding carboxylic acids is 2. The molecular formula is C19H30N4O4S. The van der Waals surface area contributed by atoms with Gasteiger partial charge in [0.2, 0.25) is 21.8 Å². The second kappa shape index (κ2) is 9.38. The van der Waals surface area contributed by atoms with Crippen LogP contribution in [0.4, 0.5) is 5.69 Å². The molecule has 9 heteroatoms. The number of rotatable bonds is 6. The molecule has 1 heterocycles. The van der Waals surface area contributed by atoms with E-state index in [1.165, 1.54) is 4.31 Å². The number of benzene rings is 1. The zero-order valence-electron chi connectivity index (χ0n) is 17.1. The first-order valence-electron chi connectivity index (χ1n) is 9.33. The van der Waals surface area contributed by atoms with Gasteiger partial charge in [-0.05, 0) is 25.0 Å². The molecule has 0 N–H and O–H groups in total. The van der Waals surface area contributed by atoms with Gasteiger partial charge in [-0.25, -0.2) is 8.42 Å². The zero-order chi connectivity index (χ0) is 20.9. The van der Waals surface area contributed by atoms with Crippen molar-refractivity contribution in [2.75, 3.05) is 63.9 Å². The van der Waals surface area contributed by atoms with E-state index in [-0.39, 0.29) is 18.4 Å². The first-order valence-corrected chi connectivity index (χ1v) is 11.2. The Morgan fingerprint density at radius 2 is 1.75 bits per heavy atom. The van der Waals surface area contributed by atoms with Gasteiger partial charge in [0.1, 0.15) is 6.54 Å². The average Bonchev–Trinajstić information content (AvgIpc) is 2.85. The number of hydrogen-bond acceptors (Lipinski definition) is 5. The molecule has 8 nitrogen and oxygen atoms in total. The highest BCUT2D eigenvalue weighted by molar-refractivity contribution is 7.92. The Balaban J connectivity index is 2.06. The second-order valence-electron chi connectivity index (χ2n) is 7.35. The molecule has 0 radical (unpaired) electrons. The molecule has 0 aromatic heterocycles. The smallest absolute Gasteiger partial charge is 0.243 e. The van der Waals surface area contributed by atoms with Gasteiger partial charge in [-0.2, -0.15) is 0 Å². The monoisotopic (exact) mass is 410 g/mol. The number of anilines is 1. The van der Waals surface area contributed by atoms with E-state index in [0.717, 1.165) is 24.8 Å². The number of nitrogens with zero attached hydrogens (tertiary/aromatic N) is 4. The Morgan fingerprint density at radius 3 is 2.36 bits per heavy atom. The molecule has 0 spiro atoms. The third-order valence-electron chi connectivity index (χ3n) is 4.86. The normalized spacial score (nSPS) is 15.8. The Morgan fingerprint density at radius 1 is 1.07 bits per heavy atom. The van der Waals surface area contributed by atoms with Crippen LogP contribution in [-0.2, 0) is 19.6 Å². The van der Waals surface area contributed by atoms with Crippen molar-refractivity contribution in [1.29, 1.82) is 0 Å². The topological polar surface area (TPSA) is 81.2 Å². The second-order valence-corrected chi connectivity index (χ2v) is 9.26. The third kappa shape index (κ3) is 5.93. The molecule has 156 valence electrons. The number of likely N-dealkylation sites (N-methyl/N-ethyl adjacent to an activating group) is 1. The van der Waals surface area contributed by atoms with Crippen molar-refractivity contribution in [1.82, 2.24) is 14.7 Å². The SMILES string of the molecule is Cc1ccccc1N(CC(=O)N1CCCN(CC(=O)N(C)C)CC1)S(C)(=O)=O. The predicted molar refractivity (Wildman–Crippen MR) is 110 cm³/mol. The van der Waals surface area contributed by atoms with Crippen molar-refractivity contribution in [2.45, 2.75) is 13.3 Å². The highest BCUT2D eigenvalue weighted by Gasteiger charge is 2.26. The molecule has 2 rings (SSSR count). The van der Waals surface area contributed by atoms with Crippen molar-refractivity contribution in [2.24, 2.45) is 0 Å². The summed E-state index contributed by atoms with van der Waals surface area (Å²) in [4.78, 5) is 30.0. The maximum absolute atomic E-state index is 12.9. The van der Waals surface area contributed by atoms with Crippen LogP contribution in [0.2, 0.25) is 0 Å². The van der Waals surface area contributed by atoms with Gasteiger partial charge in [-0.1, -0.05) is 18.2 Å². The first-order chi connectivity index (χ1) is 13.1. The zero-order valence-corrected chi connectivity index (χ0v) is 17.9. The number of carbonyl (C=O) groups is 2. The van der Waals surface area contributed by atoms with Gasteiger partial charge in [0, 0.05) is 40.3 Å². The Kier molecular flexibility index (Phi) is 7.42. The molecule has 2 amide bonds. The summed E-state index contributed by atoms with van der Waals surface area (Å²) in [6.45, 7) is 4.28. The lowest BCUT2D eigenvalue weighted by Gasteiger charge is -2.27. The lowest BCUT2D eigenvalue weighted by molar-refractivity contribution is -0.129. The molecular weight excluding hydrogens is 380 g/mol. The quantitative estimate of drug-likeness (QED) is 0.677. The minimum atomic E-state index is -3.59. The van der Waals surface area contributed by atoms with Crippen molar-refractivity contribution in [3.63, 3.8) is 0 Å². The highest BCUT2D eigenvalue weighted by atomic mass is 32.2. The lowest BCUT2D eigenvalue weighted by atomic mass is 10.2. The van der Waals surface area contributed by atoms with Crippen molar-refractivity contribution < 1.29 is 18.0 Å². The largest absolute Gasteiger partial charge is 0.348 e. The number of hydrogen-bond donors (Lipinski definition) is 0. The molecule has 1 aliphatic heterocycles. The fraction of sp³-hybridized carbons (Fsp3) is 0.579. The summed E-state index contributed by atoms with van der Waals surface area (Å²) in [6.07, 6.45) is 1.86. The molecule has 0 bridgehead atoms. The number of aryl methyl sites for hydroxylation is 1. The summed E-state index contributed by atoms with van der Waals surface area (Å²) in [5, 5.41) is 0. The van der Waals surface area contributed by atoms with Gasteiger partial charge in [0.05, 0.1) is 18.5 Å². The van der Waals surface area contributed by atoms with Gasteiger partial charge in [0.25, 0.3) is 0 Å². The van der Waals surface area contributed by atoms with Crippen molar-refractivity contribution in [3.05, 3.63) is 29.8 Å². The number of sulfonamides is 1. The van der Waals surface area contributed by atoms with Crippen molar-refractivity contribution in [3.8, 4) is 0 Å². The molecule has 1 aromatic carbocycles. The van der Waals surface area contributed by atoms with E-state index >= 15 is 0 Å². The summed E-state index contributed by atoms with van der Waals surface area (Å²) in [5.41, 5.74) is 1.32. The summed E-state index contributed by atoms with van der Waals surface area (Å²) in [6, 6.07) is 7.13. The molecule has 0 atom stereocenters. The van der Waals surface area contributed by atoms with Crippen LogP contribution >= 0.6 is 0 Å². The molecule has 28 heavy (non-hydrogen) atoms. The molecule has 1 aromatic rings. The fourth-order valence-corrected chi connectivity index (χ4v) is 4.07. The van der Waals surface area contributed by atoms with E-state index in [2.05, 4.69) is 0 Å². The minimum Gasteiger partial charge on any atom is -0.348 e. The van der Waals surface area contributed by atoms with E-state index in [0.29, 0.717) is 31.9 Å². The van der Waals surface area contributed by atoms with Gasteiger partial charge in [-0.3, -0.25) is 18.8 Å². The van der Waals surface area contributed by atoms with E-state index in [9.17, 15) is 18.0 Å². The van der Waals surface area contributed by atoms with E-state index < -0.39 is 10.0 Å². The van der Waals surface area contributed by atoms with Crippen LogP contribution in [0.1, 0.15) is 12.0 Å². The van der Waals surface area contributed by atoms with E-state index in [1.807, 2.05) is 24.0 Å². The van der Waals surface area contributed by atoms with Crippen LogP contribution in [0, 0.1) is 6.92 Å². The summed E-state index contributed by atoms with van der Waals surface area (Å²) >= 11 is 0. The van der Waals surface area contributed by atoms with Gasteiger partial charge < -0.3 is 9.80 Å². The van der Waals surface area contributed by atoms with Gasteiger partial charge >= 0.3 is 0 Å². The maximum Gasteiger partial charge on any atom is 0.243 e. The Labute approximate surface area is 167 Å². The number of para-hydroxylation sites is 1. The van der Waals surface area contributed by atoms with Gasteiger partial charge in [-0.15, -0.1) is 0 Å². The van der Waals surface area contributed by atoms with Crippen LogP contribution in [0.15, 0.2) is 24.3 Å². The third-order valence-corrected chi connectivity index (χ3v) is 5.99. The predicted octanol–water partition coefficient (Wildman–Crippen LogP) is 0.384. The summed E-state index contributed by atoms with van der Waals surface area (Å²) < 4.78 is 25.8. The summed E-state index contributed by atoms with van der Waals surface area (Å²) in [7, 11) is -0.147. The summed E-state index contributed by atoms with van der Waals surface area (Å²) in [5.74, 6) is -0.197. The lowest BCUT2D eigenvalue weighted by Crippen LogP contribution is -2.44. The van der Waals surface area contributed by atoms with E-state index in [4.69, 9.17) is 0 Å². The number of amides is 2. The van der Waals surface area contributed by atoms with Crippen LogP contribution in [0.25, 0.3) is 0 Å². The molecule has 0 aliphatic carbocycles. The molecule has 1 saturated heterocycles. The molecule has 1 fully saturated rings. The van der Waals surface area contributed by atoms with Crippen molar-refractivity contribution >= 4 is 27.5 Å². The molecule has 1 aliphatic rings. The average molecular weight is 411 g/mol.